The van der Waals surface area contributed by atoms with Crippen LogP contribution >= 0.6 is 11.8 Å². The molecule has 0 saturated heterocycles. The molecule has 0 radical (unpaired) electrons. The third-order valence-electron chi connectivity index (χ3n) is 3.74. The highest BCUT2D eigenvalue weighted by Gasteiger charge is 2.23. The number of hydrogen-bond acceptors (Lipinski definition) is 2. The number of carbonyl (C=O) groups excluding carboxylic acids is 1. The fourth-order valence-electron chi connectivity index (χ4n) is 2.47. The standard InChI is InChI=1S/C21H18OS/c1-16-10-8-9-15-19(16)23-21(18-13-6-3-7-14-18)20(22)17-11-4-2-5-12-17/h2-15,21H,1H3. The van der Waals surface area contributed by atoms with Crippen LogP contribution in [0.15, 0.2) is 89.8 Å². The minimum atomic E-state index is -0.236. The summed E-state index contributed by atoms with van der Waals surface area (Å²) in [7, 11) is 0. The average molecular weight is 318 g/mol. The van der Waals surface area contributed by atoms with Gasteiger partial charge in [0.1, 0.15) is 0 Å². The molecule has 0 aliphatic carbocycles. The summed E-state index contributed by atoms with van der Waals surface area (Å²) in [5.74, 6) is 0.144. The Bertz CT molecular complexity index is 781. The zero-order chi connectivity index (χ0) is 16.1. The van der Waals surface area contributed by atoms with E-state index < -0.39 is 0 Å². The second-order valence-electron chi connectivity index (χ2n) is 5.40. The second-order valence-corrected chi connectivity index (χ2v) is 6.55. The van der Waals surface area contributed by atoms with E-state index in [1.807, 2.05) is 72.8 Å². The van der Waals surface area contributed by atoms with E-state index in [1.54, 1.807) is 11.8 Å². The molecule has 0 spiro atoms. The Kier molecular flexibility index (Phi) is 4.94. The zero-order valence-electron chi connectivity index (χ0n) is 13.0. The van der Waals surface area contributed by atoms with Crippen molar-refractivity contribution in [2.45, 2.75) is 17.1 Å². The molecule has 0 saturated carbocycles. The Morgan fingerprint density at radius 3 is 2.00 bits per heavy atom. The first-order valence-electron chi connectivity index (χ1n) is 7.62. The molecule has 3 rings (SSSR count). The quantitative estimate of drug-likeness (QED) is 0.442. The fraction of sp³-hybridized carbons (Fsp3) is 0.0952. The summed E-state index contributed by atoms with van der Waals surface area (Å²) in [5.41, 5.74) is 2.98. The summed E-state index contributed by atoms with van der Waals surface area (Å²) in [6.07, 6.45) is 0. The minimum absolute atomic E-state index is 0.144. The highest BCUT2D eigenvalue weighted by Crippen LogP contribution is 2.39. The number of benzene rings is 3. The number of carbonyl (C=O) groups is 1. The van der Waals surface area contributed by atoms with E-state index >= 15 is 0 Å². The van der Waals surface area contributed by atoms with E-state index in [0.29, 0.717) is 0 Å². The van der Waals surface area contributed by atoms with Gasteiger partial charge in [0.15, 0.2) is 5.78 Å². The number of Topliss-reactive ketones (excluding diaryl/α,β-unsaturated/α-hetero) is 1. The normalized spacial score (nSPS) is 11.9. The van der Waals surface area contributed by atoms with Gasteiger partial charge in [-0.1, -0.05) is 78.9 Å². The van der Waals surface area contributed by atoms with Gasteiger partial charge in [0.05, 0.1) is 5.25 Å². The molecular weight excluding hydrogens is 300 g/mol. The third-order valence-corrected chi connectivity index (χ3v) is 5.17. The number of aryl methyl sites for hydroxylation is 1. The van der Waals surface area contributed by atoms with E-state index in [1.165, 1.54) is 5.56 Å². The van der Waals surface area contributed by atoms with Gasteiger partial charge in [0.2, 0.25) is 0 Å². The van der Waals surface area contributed by atoms with Gasteiger partial charge >= 0.3 is 0 Å². The molecule has 0 fully saturated rings. The van der Waals surface area contributed by atoms with Crippen LogP contribution in [0.5, 0.6) is 0 Å². The third kappa shape index (κ3) is 3.72. The van der Waals surface area contributed by atoms with Gasteiger partial charge in [-0.05, 0) is 24.1 Å². The van der Waals surface area contributed by atoms with Crippen LogP contribution in [-0.2, 0) is 0 Å². The van der Waals surface area contributed by atoms with Crippen molar-refractivity contribution in [1.82, 2.24) is 0 Å². The molecule has 0 N–H and O–H groups in total. The monoisotopic (exact) mass is 318 g/mol. The topological polar surface area (TPSA) is 17.1 Å². The van der Waals surface area contributed by atoms with Crippen LogP contribution in [0.2, 0.25) is 0 Å². The molecule has 1 atom stereocenters. The SMILES string of the molecule is Cc1ccccc1SC(C(=O)c1ccccc1)c1ccccc1. The first-order valence-corrected chi connectivity index (χ1v) is 8.50. The van der Waals surface area contributed by atoms with Gasteiger partial charge in [-0.15, -0.1) is 11.8 Å². The fourth-order valence-corrected chi connectivity index (χ4v) is 3.67. The van der Waals surface area contributed by atoms with Crippen LogP contribution in [0, 0.1) is 6.92 Å². The Morgan fingerprint density at radius 1 is 0.783 bits per heavy atom. The van der Waals surface area contributed by atoms with Crippen molar-refractivity contribution in [1.29, 1.82) is 0 Å². The van der Waals surface area contributed by atoms with Crippen LogP contribution in [0.1, 0.15) is 26.7 Å². The molecule has 0 heterocycles. The van der Waals surface area contributed by atoms with E-state index in [2.05, 4.69) is 19.1 Å². The molecular formula is C21H18OS. The molecule has 0 bridgehead atoms. The Hall–Kier alpha value is -2.32. The Morgan fingerprint density at radius 2 is 1.35 bits per heavy atom. The van der Waals surface area contributed by atoms with Gasteiger partial charge in [-0.2, -0.15) is 0 Å². The first kappa shape index (κ1) is 15.6. The van der Waals surface area contributed by atoms with Crippen LogP contribution in [0.3, 0.4) is 0 Å². The predicted molar refractivity (Wildman–Crippen MR) is 97.0 cm³/mol. The maximum atomic E-state index is 13.0. The number of hydrogen-bond donors (Lipinski definition) is 0. The molecule has 3 aromatic carbocycles. The van der Waals surface area contributed by atoms with Crippen LogP contribution < -0.4 is 0 Å². The molecule has 1 unspecified atom stereocenters. The van der Waals surface area contributed by atoms with Gasteiger partial charge in [0.25, 0.3) is 0 Å². The maximum Gasteiger partial charge on any atom is 0.180 e. The van der Waals surface area contributed by atoms with E-state index in [4.69, 9.17) is 0 Å². The lowest BCUT2D eigenvalue weighted by atomic mass is 10.0. The largest absolute Gasteiger partial charge is 0.293 e. The van der Waals surface area contributed by atoms with Gasteiger partial charge < -0.3 is 0 Å². The first-order chi connectivity index (χ1) is 11.3. The minimum Gasteiger partial charge on any atom is -0.293 e. The van der Waals surface area contributed by atoms with Crippen molar-refractivity contribution in [3.63, 3.8) is 0 Å². The van der Waals surface area contributed by atoms with Crippen LogP contribution in [0.4, 0.5) is 0 Å². The number of rotatable bonds is 5. The van der Waals surface area contributed by atoms with Gasteiger partial charge in [-0.3, -0.25) is 4.79 Å². The molecule has 2 heteroatoms. The van der Waals surface area contributed by atoms with Gasteiger partial charge in [0, 0.05) is 10.5 Å². The van der Waals surface area contributed by atoms with Crippen molar-refractivity contribution >= 4 is 17.5 Å². The molecule has 0 aromatic heterocycles. The molecule has 0 aliphatic rings. The average Bonchev–Trinajstić information content (AvgIpc) is 2.62. The van der Waals surface area contributed by atoms with Gasteiger partial charge in [-0.25, -0.2) is 0 Å². The maximum absolute atomic E-state index is 13.0. The van der Waals surface area contributed by atoms with Crippen LogP contribution in [-0.4, -0.2) is 5.78 Å². The summed E-state index contributed by atoms with van der Waals surface area (Å²) in [5, 5.41) is -0.236. The highest BCUT2D eigenvalue weighted by atomic mass is 32.2. The summed E-state index contributed by atoms with van der Waals surface area (Å²) in [6.45, 7) is 2.08. The molecule has 114 valence electrons. The Labute approximate surface area is 141 Å². The van der Waals surface area contributed by atoms with Crippen molar-refractivity contribution in [2.24, 2.45) is 0 Å². The second kappa shape index (κ2) is 7.30. The van der Waals surface area contributed by atoms with E-state index in [-0.39, 0.29) is 11.0 Å². The van der Waals surface area contributed by atoms with Crippen molar-refractivity contribution in [3.05, 3.63) is 102 Å². The van der Waals surface area contributed by atoms with Crippen LogP contribution in [0.25, 0.3) is 0 Å². The molecule has 0 amide bonds. The number of thioether (sulfide) groups is 1. The summed E-state index contributed by atoms with van der Waals surface area (Å²) >= 11 is 1.62. The van der Waals surface area contributed by atoms with Crippen molar-refractivity contribution < 1.29 is 4.79 Å². The molecule has 23 heavy (non-hydrogen) atoms. The summed E-state index contributed by atoms with van der Waals surface area (Å²) < 4.78 is 0. The predicted octanol–water partition coefficient (Wildman–Crippen LogP) is 5.71. The summed E-state index contributed by atoms with van der Waals surface area (Å²) in [4.78, 5) is 14.2. The molecule has 0 aliphatic heterocycles. The molecule has 3 aromatic rings. The lowest BCUT2D eigenvalue weighted by Gasteiger charge is -2.17. The number of ketones is 1. The Balaban J connectivity index is 1.98. The zero-order valence-corrected chi connectivity index (χ0v) is 13.8. The molecule has 1 nitrogen and oxygen atoms in total. The highest BCUT2D eigenvalue weighted by molar-refractivity contribution is 8.00. The smallest absolute Gasteiger partial charge is 0.180 e. The lowest BCUT2D eigenvalue weighted by Crippen LogP contribution is -2.10. The lowest BCUT2D eigenvalue weighted by molar-refractivity contribution is 0.0989. The summed E-state index contributed by atoms with van der Waals surface area (Å²) in [6, 6.07) is 27.7. The van der Waals surface area contributed by atoms with E-state index in [0.717, 1.165) is 16.0 Å². The van der Waals surface area contributed by atoms with Crippen molar-refractivity contribution in [3.8, 4) is 0 Å². The van der Waals surface area contributed by atoms with E-state index in [9.17, 15) is 4.79 Å². The van der Waals surface area contributed by atoms with Crippen molar-refractivity contribution in [2.75, 3.05) is 0 Å².